The molecule has 0 amide bonds. The lowest BCUT2D eigenvalue weighted by atomic mass is 10.0. The summed E-state index contributed by atoms with van der Waals surface area (Å²) in [5, 5.41) is 0. The summed E-state index contributed by atoms with van der Waals surface area (Å²) >= 11 is 3.43. The van der Waals surface area contributed by atoms with Crippen molar-refractivity contribution in [3.8, 4) is 5.75 Å². The SMILES string of the molecule is CCCOc1ccc(C(=O)CC(C)C)cc1Br. The van der Waals surface area contributed by atoms with Gasteiger partial charge in [-0.05, 0) is 46.5 Å². The molecule has 2 nitrogen and oxygen atoms in total. The van der Waals surface area contributed by atoms with E-state index in [9.17, 15) is 4.79 Å². The van der Waals surface area contributed by atoms with Crippen molar-refractivity contribution in [2.24, 2.45) is 5.92 Å². The molecular formula is C14H19BrO2. The Morgan fingerprint density at radius 1 is 1.41 bits per heavy atom. The number of ketones is 1. The van der Waals surface area contributed by atoms with Gasteiger partial charge in [-0.25, -0.2) is 0 Å². The first kappa shape index (κ1) is 14.2. The molecule has 0 spiro atoms. The van der Waals surface area contributed by atoms with Gasteiger partial charge in [0.2, 0.25) is 0 Å². The molecule has 1 rings (SSSR count). The van der Waals surface area contributed by atoms with Gasteiger partial charge in [0.15, 0.2) is 5.78 Å². The van der Waals surface area contributed by atoms with E-state index in [1.54, 1.807) is 0 Å². The summed E-state index contributed by atoms with van der Waals surface area (Å²) in [4.78, 5) is 11.9. The minimum atomic E-state index is 0.183. The predicted molar refractivity (Wildman–Crippen MR) is 73.7 cm³/mol. The predicted octanol–water partition coefficient (Wildman–Crippen LogP) is 4.47. The molecule has 1 aromatic carbocycles. The molecule has 3 heteroatoms. The van der Waals surface area contributed by atoms with Crippen molar-refractivity contribution in [2.75, 3.05) is 6.61 Å². The molecule has 0 heterocycles. The molecule has 0 aliphatic rings. The fraction of sp³-hybridized carbons (Fsp3) is 0.500. The van der Waals surface area contributed by atoms with Crippen molar-refractivity contribution in [1.82, 2.24) is 0 Å². The molecule has 0 N–H and O–H groups in total. The van der Waals surface area contributed by atoms with E-state index < -0.39 is 0 Å². The van der Waals surface area contributed by atoms with Crippen LogP contribution in [0.1, 0.15) is 44.0 Å². The molecule has 0 aliphatic heterocycles. The van der Waals surface area contributed by atoms with Crippen molar-refractivity contribution in [1.29, 1.82) is 0 Å². The zero-order valence-corrected chi connectivity index (χ0v) is 12.2. The molecule has 94 valence electrons. The lowest BCUT2D eigenvalue weighted by Gasteiger charge is -2.09. The molecule has 0 unspecified atom stereocenters. The van der Waals surface area contributed by atoms with Crippen molar-refractivity contribution < 1.29 is 9.53 Å². The fourth-order valence-electron chi connectivity index (χ4n) is 1.49. The lowest BCUT2D eigenvalue weighted by Crippen LogP contribution is -2.04. The standard InChI is InChI=1S/C14H19BrO2/c1-4-7-17-14-6-5-11(9-12(14)15)13(16)8-10(2)3/h5-6,9-10H,4,7-8H2,1-3H3. The van der Waals surface area contributed by atoms with E-state index in [1.165, 1.54) is 0 Å². The van der Waals surface area contributed by atoms with Gasteiger partial charge in [-0.2, -0.15) is 0 Å². The second kappa shape index (κ2) is 6.80. The van der Waals surface area contributed by atoms with Gasteiger partial charge in [0.05, 0.1) is 11.1 Å². The Labute approximate surface area is 111 Å². The highest BCUT2D eigenvalue weighted by atomic mass is 79.9. The van der Waals surface area contributed by atoms with Crippen molar-refractivity contribution in [2.45, 2.75) is 33.6 Å². The highest BCUT2D eigenvalue weighted by Gasteiger charge is 2.10. The van der Waals surface area contributed by atoms with Crippen LogP contribution in [-0.2, 0) is 0 Å². The second-order valence-electron chi connectivity index (χ2n) is 4.51. The third-order valence-corrected chi connectivity index (χ3v) is 2.93. The van der Waals surface area contributed by atoms with Crippen LogP contribution < -0.4 is 4.74 Å². The van der Waals surface area contributed by atoms with Crippen LogP contribution in [0.2, 0.25) is 0 Å². The zero-order valence-electron chi connectivity index (χ0n) is 10.6. The van der Waals surface area contributed by atoms with Crippen LogP contribution in [0.25, 0.3) is 0 Å². The van der Waals surface area contributed by atoms with Gasteiger partial charge in [-0.3, -0.25) is 4.79 Å². The van der Waals surface area contributed by atoms with E-state index in [4.69, 9.17) is 4.74 Å². The Hall–Kier alpha value is -0.830. The van der Waals surface area contributed by atoms with E-state index in [1.807, 2.05) is 32.0 Å². The third kappa shape index (κ3) is 4.50. The lowest BCUT2D eigenvalue weighted by molar-refractivity contribution is 0.0968. The summed E-state index contributed by atoms with van der Waals surface area (Å²) in [7, 11) is 0. The van der Waals surface area contributed by atoms with E-state index >= 15 is 0 Å². The van der Waals surface area contributed by atoms with Crippen LogP contribution in [0.3, 0.4) is 0 Å². The molecule has 0 aliphatic carbocycles. The molecule has 0 fully saturated rings. The van der Waals surface area contributed by atoms with Crippen LogP contribution in [0.5, 0.6) is 5.75 Å². The number of carbonyl (C=O) groups is 1. The van der Waals surface area contributed by atoms with Crippen molar-refractivity contribution in [3.63, 3.8) is 0 Å². The molecular weight excluding hydrogens is 280 g/mol. The minimum Gasteiger partial charge on any atom is -0.492 e. The first-order valence-electron chi connectivity index (χ1n) is 6.00. The molecule has 0 saturated heterocycles. The van der Waals surface area contributed by atoms with Crippen LogP contribution in [0, 0.1) is 5.92 Å². The summed E-state index contributed by atoms with van der Waals surface area (Å²) in [5.74, 6) is 1.37. The number of rotatable bonds is 6. The van der Waals surface area contributed by atoms with E-state index in [0.29, 0.717) is 18.9 Å². The highest BCUT2D eigenvalue weighted by molar-refractivity contribution is 9.10. The number of hydrogen-bond acceptors (Lipinski definition) is 2. The van der Waals surface area contributed by atoms with Gasteiger partial charge in [0.1, 0.15) is 5.75 Å². The zero-order chi connectivity index (χ0) is 12.8. The molecule has 0 saturated carbocycles. The fourth-order valence-corrected chi connectivity index (χ4v) is 1.99. The first-order chi connectivity index (χ1) is 8.04. The number of Topliss-reactive ketones (excluding diaryl/α,β-unsaturated/α-hetero) is 1. The molecule has 17 heavy (non-hydrogen) atoms. The monoisotopic (exact) mass is 298 g/mol. The molecule has 0 aromatic heterocycles. The number of carbonyl (C=O) groups excluding carboxylic acids is 1. The Kier molecular flexibility index (Phi) is 5.69. The Morgan fingerprint density at radius 3 is 2.65 bits per heavy atom. The molecule has 0 bridgehead atoms. The van der Waals surface area contributed by atoms with E-state index in [2.05, 4.69) is 22.9 Å². The smallest absolute Gasteiger partial charge is 0.163 e. The Morgan fingerprint density at radius 2 is 2.12 bits per heavy atom. The van der Waals surface area contributed by atoms with E-state index in [-0.39, 0.29) is 5.78 Å². The highest BCUT2D eigenvalue weighted by Crippen LogP contribution is 2.27. The average molecular weight is 299 g/mol. The maximum atomic E-state index is 11.9. The van der Waals surface area contributed by atoms with Gasteiger partial charge in [0.25, 0.3) is 0 Å². The Bertz CT molecular complexity index is 386. The molecule has 1 aromatic rings. The minimum absolute atomic E-state index is 0.183. The first-order valence-corrected chi connectivity index (χ1v) is 6.79. The van der Waals surface area contributed by atoms with Crippen LogP contribution in [-0.4, -0.2) is 12.4 Å². The van der Waals surface area contributed by atoms with Crippen molar-refractivity contribution in [3.05, 3.63) is 28.2 Å². The van der Waals surface area contributed by atoms with Gasteiger partial charge in [0, 0.05) is 12.0 Å². The second-order valence-corrected chi connectivity index (χ2v) is 5.37. The van der Waals surface area contributed by atoms with Gasteiger partial charge in [-0.15, -0.1) is 0 Å². The maximum Gasteiger partial charge on any atom is 0.163 e. The van der Waals surface area contributed by atoms with Gasteiger partial charge < -0.3 is 4.74 Å². The third-order valence-electron chi connectivity index (χ3n) is 2.31. The Balaban J connectivity index is 2.77. The summed E-state index contributed by atoms with van der Waals surface area (Å²) in [6.07, 6.45) is 1.56. The summed E-state index contributed by atoms with van der Waals surface area (Å²) in [5.41, 5.74) is 0.745. The van der Waals surface area contributed by atoms with E-state index in [0.717, 1.165) is 22.2 Å². The van der Waals surface area contributed by atoms with Crippen molar-refractivity contribution >= 4 is 21.7 Å². The molecule has 0 radical (unpaired) electrons. The molecule has 0 atom stereocenters. The maximum absolute atomic E-state index is 11.9. The summed E-state index contributed by atoms with van der Waals surface area (Å²) in [6.45, 7) is 6.85. The van der Waals surface area contributed by atoms with Gasteiger partial charge in [-0.1, -0.05) is 20.8 Å². The topological polar surface area (TPSA) is 26.3 Å². The average Bonchev–Trinajstić information content (AvgIpc) is 2.26. The quantitative estimate of drug-likeness (QED) is 0.725. The van der Waals surface area contributed by atoms with Gasteiger partial charge >= 0.3 is 0 Å². The largest absolute Gasteiger partial charge is 0.492 e. The number of halogens is 1. The van der Waals surface area contributed by atoms with Crippen LogP contribution >= 0.6 is 15.9 Å². The number of hydrogen-bond donors (Lipinski definition) is 0. The number of benzene rings is 1. The normalized spacial score (nSPS) is 10.6. The summed E-state index contributed by atoms with van der Waals surface area (Å²) < 4.78 is 6.39. The summed E-state index contributed by atoms with van der Waals surface area (Å²) in [6, 6.07) is 5.53. The number of ether oxygens (including phenoxy) is 1. The van der Waals surface area contributed by atoms with Crippen LogP contribution in [0.15, 0.2) is 22.7 Å². The van der Waals surface area contributed by atoms with Crippen LogP contribution in [0.4, 0.5) is 0 Å².